The van der Waals surface area contributed by atoms with Gasteiger partial charge in [0, 0.05) is 6.07 Å². The van der Waals surface area contributed by atoms with Crippen LogP contribution in [0.15, 0.2) is 70.7 Å². The quantitative estimate of drug-likeness (QED) is 0.289. The van der Waals surface area contributed by atoms with Gasteiger partial charge in [-0.05, 0) is 61.9 Å². The standard InChI is InChI=1S/C26H29N3O7S/c1-5-36-25-14-19(8-12-23(25)30)16-27-28-26(31)17-29(22-15-20(34-3)9-13-24(22)35-4)37(32,33)21-10-6-18(2)7-11-21/h6-16,30H,5,17H2,1-4H3,(H,28,31). The van der Waals surface area contributed by atoms with Crippen molar-refractivity contribution in [1.29, 1.82) is 0 Å². The summed E-state index contributed by atoms with van der Waals surface area (Å²) in [6.07, 6.45) is 1.35. The Morgan fingerprint density at radius 2 is 1.76 bits per heavy atom. The number of ether oxygens (including phenoxy) is 3. The largest absolute Gasteiger partial charge is 0.504 e. The number of hydrazone groups is 1. The number of sulfonamides is 1. The Bertz CT molecular complexity index is 1370. The second kappa shape index (κ2) is 12.1. The molecule has 0 aliphatic carbocycles. The topological polar surface area (TPSA) is 127 Å². The average molecular weight is 528 g/mol. The molecule has 10 nitrogen and oxygen atoms in total. The summed E-state index contributed by atoms with van der Waals surface area (Å²) in [5.41, 5.74) is 3.91. The number of amides is 1. The summed E-state index contributed by atoms with van der Waals surface area (Å²) >= 11 is 0. The predicted molar refractivity (Wildman–Crippen MR) is 140 cm³/mol. The minimum Gasteiger partial charge on any atom is -0.504 e. The fourth-order valence-electron chi connectivity index (χ4n) is 3.36. The zero-order valence-electron chi connectivity index (χ0n) is 21.0. The van der Waals surface area contributed by atoms with Crippen molar-refractivity contribution in [3.8, 4) is 23.0 Å². The molecule has 196 valence electrons. The van der Waals surface area contributed by atoms with E-state index in [4.69, 9.17) is 14.2 Å². The third-order valence-electron chi connectivity index (χ3n) is 5.24. The lowest BCUT2D eigenvalue weighted by Gasteiger charge is -2.25. The van der Waals surface area contributed by atoms with Crippen molar-refractivity contribution in [3.63, 3.8) is 0 Å². The van der Waals surface area contributed by atoms with Crippen LogP contribution in [-0.2, 0) is 14.8 Å². The Balaban J connectivity index is 1.91. The Hall–Kier alpha value is -4.25. The molecule has 0 spiro atoms. The molecule has 0 heterocycles. The Kier molecular flexibility index (Phi) is 8.96. The van der Waals surface area contributed by atoms with Crippen molar-refractivity contribution >= 4 is 27.8 Å². The molecule has 0 aliphatic rings. The first-order valence-corrected chi connectivity index (χ1v) is 12.7. The normalized spacial score (nSPS) is 11.2. The van der Waals surface area contributed by atoms with E-state index in [9.17, 15) is 18.3 Å². The van der Waals surface area contributed by atoms with E-state index in [2.05, 4.69) is 10.5 Å². The average Bonchev–Trinajstić information content (AvgIpc) is 2.89. The van der Waals surface area contributed by atoms with Crippen molar-refractivity contribution in [1.82, 2.24) is 5.43 Å². The fourth-order valence-corrected chi connectivity index (χ4v) is 4.78. The number of aryl methyl sites for hydroxylation is 1. The van der Waals surface area contributed by atoms with Gasteiger partial charge in [0.15, 0.2) is 11.5 Å². The van der Waals surface area contributed by atoms with E-state index >= 15 is 0 Å². The van der Waals surface area contributed by atoms with Crippen LogP contribution in [0.4, 0.5) is 5.69 Å². The molecule has 0 bridgehead atoms. The van der Waals surface area contributed by atoms with Gasteiger partial charge in [0.2, 0.25) is 0 Å². The third-order valence-corrected chi connectivity index (χ3v) is 7.01. The number of hydrogen-bond acceptors (Lipinski definition) is 8. The molecule has 0 aliphatic heterocycles. The number of nitrogens with one attached hydrogen (secondary N) is 1. The second-order valence-electron chi connectivity index (χ2n) is 7.82. The highest BCUT2D eigenvalue weighted by Crippen LogP contribution is 2.35. The van der Waals surface area contributed by atoms with E-state index in [1.807, 2.05) is 6.92 Å². The van der Waals surface area contributed by atoms with Crippen molar-refractivity contribution in [2.45, 2.75) is 18.7 Å². The maximum absolute atomic E-state index is 13.6. The molecule has 0 saturated carbocycles. The minimum absolute atomic E-state index is 0.00632. The van der Waals surface area contributed by atoms with Crippen molar-refractivity contribution in [2.75, 3.05) is 31.7 Å². The molecule has 2 N–H and O–H groups in total. The summed E-state index contributed by atoms with van der Waals surface area (Å²) in [7, 11) is -1.32. The summed E-state index contributed by atoms with van der Waals surface area (Å²) in [5.74, 6) is 0.183. The Morgan fingerprint density at radius 3 is 2.41 bits per heavy atom. The maximum Gasteiger partial charge on any atom is 0.264 e. The highest BCUT2D eigenvalue weighted by molar-refractivity contribution is 7.92. The predicted octanol–water partition coefficient (Wildman–Crippen LogP) is 3.46. The van der Waals surface area contributed by atoms with Gasteiger partial charge in [0.1, 0.15) is 18.0 Å². The molecular formula is C26H29N3O7S. The van der Waals surface area contributed by atoms with Gasteiger partial charge < -0.3 is 19.3 Å². The Labute approximate surface area is 216 Å². The van der Waals surface area contributed by atoms with Crippen LogP contribution in [-0.4, -0.2) is 53.0 Å². The number of anilines is 1. The smallest absolute Gasteiger partial charge is 0.264 e. The van der Waals surface area contributed by atoms with Gasteiger partial charge in [-0.1, -0.05) is 17.7 Å². The van der Waals surface area contributed by atoms with Crippen LogP contribution >= 0.6 is 0 Å². The first-order chi connectivity index (χ1) is 17.7. The lowest BCUT2D eigenvalue weighted by molar-refractivity contribution is -0.119. The molecular weight excluding hydrogens is 498 g/mol. The van der Waals surface area contributed by atoms with Gasteiger partial charge in [-0.2, -0.15) is 5.10 Å². The molecule has 37 heavy (non-hydrogen) atoms. The fraction of sp³-hybridized carbons (Fsp3) is 0.231. The number of nitrogens with zero attached hydrogens (tertiary/aromatic N) is 2. The van der Waals surface area contributed by atoms with Gasteiger partial charge in [0.25, 0.3) is 15.9 Å². The van der Waals surface area contributed by atoms with Gasteiger partial charge in [0.05, 0.1) is 37.6 Å². The highest BCUT2D eigenvalue weighted by Gasteiger charge is 2.30. The number of benzene rings is 3. The van der Waals surface area contributed by atoms with Crippen LogP contribution in [0.25, 0.3) is 0 Å². The molecule has 3 aromatic carbocycles. The molecule has 3 rings (SSSR count). The monoisotopic (exact) mass is 527 g/mol. The summed E-state index contributed by atoms with van der Waals surface area (Å²) in [5, 5.41) is 13.8. The van der Waals surface area contributed by atoms with Crippen LogP contribution in [0.1, 0.15) is 18.1 Å². The van der Waals surface area contributed by atoms with E-state index in [0.717, 1.165) is 9.87 Å². The van der Waals surface area contributed by atoms with Gasteiger partial charge >= 0.3 is 0 Å². The maximum atomic E-state index is 13.6. The number of rotatable bonds is 11. The van der Waals surface area contributed by atoms with Crippen LogP contribution in [0.5, 0.6) is 23.0 Å². The van der Waals surface area contributed by atoms with Crippen LogP contribution < -0.4 is 23.9 Å². The van der Waals surface area contributed by atoms with Crippen LogP contribution in [0.3, 0.4) is 0 Å². The van der Waals surface area contributed by atoms with E-state index in [1.54, 1.807) is 43.3 Å². The van der Waals surface area contributed by atoms with E-state index in [1.165, 1.54) is 44.7 Å². The number of methoxy groups -OCH3 is 2. The zero-order valence-corrected chi connectivity index (χ0v) is 21.8. The molecule has 0 fully saturated rings. The van der Waals surface area contributed by atoms with Gasteiger partial charge in [-0.25, -0.2) is 13.8 Å². The molecule has 0 aromatic heterocycles. The SMILES string of the molecule is CCOc1cc(C=NNC(=O)CN(c2cc(OC)ccc2OC)S(=O)(=O)c2ccc(C)cc2)ccc1O. The lowest BCUT2D eigenvalue weighted by atomic mass is 10.2. The molecule has 1 amide bonds. The van der Waals surface area contributed by atoms with Crippen molar-refractivity contribution in [3.05, 3.63) is 71.8 Å². The number of hydrogen-bond donors (Lipinski definition) is 2. The first kappa shape index (κ1) is 27.3. The molecule has 0 unspecified atom stereocenters. The molecule has 3 aromatic rings. The molecule has 11 heteroatoms. The number of carbonyl (C=O) groups excluding carboxylic acids is 1. The summed E-state index contributed by atoms with van der Waals surface area (Å²) < 4.78 is 44.2. The summed E-state index contributed by atoms with van der Waals surface area (Å²) in [6, 6.07) is 15.5. The van der Waals surface area contributed by atoms with Crippen LogP contribution in [0.2, 0.25) is 0 Å². The second-order valence-corrected chi connectivity index (χ2v) is 9.68. The minimum atomic E-state index is -4.18. The Morgan fingerprint density at radius 1 is 1.03 bits per heavy atom. The number of phenolic OH excluding ortho intramolecular Hbond substituents is 1. The van der Waals surface area contributed by atoms with Crippen LogP contribution in [0, 0.1) is 6.92 Å². The number of aromatic hydroxyl groups is 1. The van der Waals surface area contributed by atoms with E-state index in [0.29, 0.717) is 17.9 Å². The lowest BCUT2D eigenvalue weighted by Crippen LogP contribution is -2.39. The van der Waals surface area contributed by atoms with Crippen molar-refractivity contribution < 1.29 is 32.5 Å². The molecule has 0 atom stereocenters. The number of phenols is 1. The zero-order chi connectivity index (χ0) is 27.0. The number of carbonyl (C=O) groups is 1. The van der Waals surface area contributed by atoms with E-state index < -0.39 is 22.5 Å². The van der Waals surface area contributed by atoms with Gasteiger partial charge in [-0.3, -0.25) is 9.10 Å². The van der Waals surface area contributed by atoms with E-state index in [-0.39, 0.29) is 27.8 Å². The molecule has 0 saturated heterocycles. The first-order valence-electron chi connectivity index (χ1n) is 11.3. The highest BCUT2D eigenvalue weighted by atomic mass is 32.2. The summed E-state index contributed by atoms with van der Waals surface area (Å²) in [4.78, 5) is 12.9. The van der Waals surface area contributed by atoms with Gasteiger partial charge in [-0.15, -0.1) is 0 Å². The molecule has 0 radical (unpaired) electrons. The summed E-state index contributed by atoms with van der Waals surface area (Å²) in [6.45, 7) is 3.41. The third kappa shape index (κ3) is 6.70. The van der Waals surface area contributed by atoms with Crippen molar-refractivity contribution in [2.24, 2.45) is 5.10 Å².